The van der Waals surface area contributed by atoms with E-state index in [9.17, 15) is 9.18 Å². The van der Waals surface area contributed by atoms with Gasteiger partial charge >= 0.3 is 0 Å². The summed E-state index contributed by atoms with van der Waals surface area (Å²) in [6.07, 6.45) is 2.15. The number of benzene rings is 2. The third kappa shape index (κ3) is 3.03. The molecular formula is C24H23FN4O. The van der Waals surface area contributed by atoms with Crippen LogP contribution < -0.4 is 5.32 Å². The number of hydrogen-bond acceptors (Lipinski definition) is 4. The lowest BCUT2D eigenvalue weighted by Crippen LogP contribution is -2.31. The van der Waals surface area contributed by atoms with Gasteiger partial charge < -0.3 is 5.32 Å². The molecule has 2 aliphatic rings. The summed E-state index contributed by atoms with van der Waals surface area (Å²) in [6, 6.07) is 14.4. The Kier molecular flexibility index (Phi) is 4.50. The summed E-state index contributed by atoms with van der Waals surface area (Å²) in [5.41, 5.74) is 4.22. The van der Waals surface area contributed by atoms with Crippen LogP contribution >= 0.6 is 0 Å². The molecule has 1 atom stereocenters. The van der Waals surface area contributed by atoms with E-state index in [1.165, 1.54) is 11.6 Å². The van der Waals surface area contributed by atoms with Gasteiger partial charge in [0.25, 0.3) is 0 Å². The van der Waals surface area contributed by atoms with Crippen LogP contribution in [0.15, 0.2) is 59.8 Å². The fourth-order valence-electron chi connectivity index (χ4n) is 4.28. The standard InChI is InChI=1S/C24H23FN4O/c1-14(2)15-10-12-16(13-11-15)22-21-19(8-5-9-20(21)30)26-24-27-23(28-29(22)24)17-6-3-4-7-18(17)25/h3-4,6-7,10-14,22H,5,8-9H2,1-2H3,(H,26,27,28). The highest BCUT2D eigenvalue weighted by Gasteiger charge is 2.37. The molecule has 0 saturated carbocycles. The molecule has 5 rings (SSSR count). The van der Waals surface area contributed by atoms with Gasteiger partial charge in [0.2, 0.25) is 5.95 Å². The van der Waals surface area contributed by atoms with Crippen molar-refractivity contribution in [3.05, 3.63) is 76.7 Å². The van der Waals surface area contributed by atoms with Crippen LogP contribution in [0, 0.1) is 5.82 Å². The van der Waals surface area contributed by atoms with Crippen LogP contribution in [0.25, 0.3) is 11.4 Å². The lowest BCUT2D eigenvalue weighted by atomic mass is 9.85. The smallest absolute Gasteiger partial charge is 0.226 e. The first-order chi connectivity index (χ1) is 14.5. The molecule has 1 aliphatic carbocycles. The quantitative estimate of drug-likeness (QED) is 0.652. The van der Waals surface area contributed by atoms with Crippen LogP contribution in [0.4, 0.5) is 10.3 Å². The molecule has 152 valence electrons. The molecule has 5 nitrogen and oxygen atoms in total. The Morgan fingerprint density at radius 3 is 2.60 bits per heavy atom. The van der Waals surface area contributed by atoms with Crippen molar-refractivity contribution in [3.63, 3.8) is 0 Å². The Morgan fingerprint density at radius 2 is 1.87 bits per heavy atom. The molecule has 1 aromatic heterocycles. The van der Waals surface area contributed by atoms with E-state index in [0.29, 0.717) is 29.7 Å². The van der Waals surface area contributed by atoms with Crippen molar-refractivity contribution < 1.29 is 9.18 Å². The molecule has 0 saturated heterocycles. The molecule has 0 amide bonds. The van der Waals surface area contributed by atoms with Gasteiger partial charge in [-0.15, -0.1) is 5.10 Å². The van der Waals surface area contributed by atoms with Gasteiger partial charge in [-0.3, -0.25) is 4.79 Å². The van der Waals surface area contributed by atoms with Crippen molar-refractivity contribution in [2.24, 2.45) is 0 Å². The summed E-state index contributed by atoms with van der Waals surface area (Å²) in [4.78, 5) is 17.5. The predicted molar refractivity (Wildman–Crippen MR) is 114 cm³/mol. The molecule has 2 aromatic carbocycles. The van der Waals surface area contributed by atoms with Gasteiger partial charge in [-0.25, -0.2) is 9.07 Å². The Balaban J connectivity index is 1.66. The van der Waals surface area contributed by atoms with Gasteiger partial charge in [-0.2, -0.15) is 4.98 Å². The van der Waals surface area contributed by atoms with Gasteiger partial charge in [-0.1, -0.05) is 50.2 Å². The molecule has 2 heterocycles. The fourth-order valence-corrected chi connectivity index (χ4v) is 4.28. The van der Waals surface area contributed by atoms with E-state index in [4.69, 9.17) is 0 Å². The third-order valence-electron chi connectivity index (χ3n) is 5.90. The van der Waals surface area contributed by atoms with Crippen molar-refractivity contribution in [2.75, 3.05) is 5.32 Å². The summed E-state index contributed by atoms with van der Waals surface area (Å²) in [7, 11) is 0. The summed E-state index contributed by atoms with van der Waals surface area (Å²) in [6.45, 7) is 4.31. The highest BCUT2D eigenvalue weighted by atomic mass is 19.1. The van der Waals surface area contributed by atoms with E-state index in [0.717, 1.165) is 29.7 Å². The van der Waals surface area contributed by atoms with Crippen molar-refractivity contribution in [3.8, 4) is 11.4 Å². The first-order valence-electron chi connectivity index (χ1n) is 10.4. The average molecular weight is 402 g/mol. The molecule has 3 aromatic rings. The number of allylic oxidation sites excluding steroid dienone is 2. The van der Waals surface area contributed by atoms with Crippen LogP contribution in [-0.2, 0) is 4.79 Å². The number of fused-ring (bicyclic) bond motifs is 1. The highest BCUT2D eigenvalue weighted by molar-refractivity contribution is 5.99. The lowest BCUT2D eigenvalue weighted by Gasteiger charge is -2.32. The Labute approximate surface area is 174 Å². The summed E-state index contributed by atoms with van der Waals surface area (Å²) in [5.74, 6) is 1.04. The van der Waals surface area contributed by atoms with E-state index in [-0.39, 0.29) is 17.6 Å². The summed E-state index contributed by atoms with van der Waals surface area (Å²) < 4.78 is 16.1. The van der Waals surface area contributed by atoms with Crippen LogP contribution in [0.3, 0.4) is 0 Å². The number of halogens is 1. The molecule has 0 bridgehead atoms. The minimum Gasteiger partial charge on any atom is -0.328 e. The normalized spacial score (nSPS) is 18.3. The van der Waals surface area contributed by atoms with Gasteiger partial charge in [-0.05, 0) is 42.0 Å². The van der Waals surface area contributed by atoms with E-state index in [1.54, 1.807) is 22.9 Å². The molecule has 30 heavy (non-hydrogen) atoms. The number of carbonyl (C=O) groups excluding carboxylic acids is 1. The third-order valence-corrected chi connectivity index (χ3v) is 5.90. The van der Waals surface area contributed by atoms with E-state index in [1.807, 2.05) is 0 Å². The van der Waals surface area contributed by atoms with Crippen molar-refractivity contribution in [2.45, 2.75) is 45.1 Å². The monoisotopic (exact) mass is 402 g/mol. The SMILES string of the molecule is CC(C)c1ccc(C2C3=C(CCCC3=O)Nc3nc(-c4ccccc4F)nn32)cc1. The van der Waals surface area contributed by atoms with E-state index in [2.05, 4.69) is 53.5 Å². The molecule has 0 fully saturated rings. The van der Waals surface area contributed by atoms with Crippen molar-refractivity contribution in [1.82, 2.24) is 14.8 Å². The van der Waals surface area contributed by atoms with E-state index >= 15 is 0 Å². The maximum absolute atomic E-state index is 14.4. The summed E-state index contributed by atoms with van der Waals surface area (Å²) in [5, 5.41) is 7.93. The average Bonchev–Trinajstić information content (AvgIpc) is 3.16. The van der Waals surface area contributed by atoms with Gasteiger partial charge in [0.05, 0.1) is 5.56 Å². The van der Waals surface area contributed by atoms with Gasteiger partial charge in [0.15, 0.2) is 11.6 Å². The minimum atomic E-state index is -0.368. The zero-order valence-corrected chi connectivity index (χ0v) is 17.0. The number of anilines is 1. The highest BCUT2D eigenvalue weighted by Crippen LogP contribution is 2.41. The number of hydrogen-bond donors (Lipinski definition) is 1. The zero-order chi connectivity index (χ0) is 20.8. The summed E-state index contributed by atoms with van der Waals surface area (Å²) >= 11 is 0. The first-order valence-corrected chi connectivity index (χ1v) is 10.4. The van der Waals surface area contributed by atoms with Crippen LogP contribution in [0.1, 0.15) is 56.2 Å². The number of nitrogens with zero attached hydrogens (tertiary/aromatic N) is 3. The first kappa shape index (κ1) is 18.7. The molecule has 1 N–H and O–H groups in total. The van der Waals surface area contributed by atoms with Gasteiger partial charge in [0.1, 0.15) is 11.9 Å². The Hall–Kier alpha value is -3.28. The number of rotatable bonds is 3. The van der Waals surface area contributed by atoms with Gasteiger partial charge in [0, 0.05) is 17.7 Å². The second kappa shape index (κ2) is 7.20. The number of ketones is 1. The van der Waals surface area contributed by atoms with E-state index < -0.39 is 0 Å². The Morgan fingerprint density at radius 1 is 1.10 bits per heavy atom. The number of Topliss-reactive ketones (excluding diaryl/α,β-unsaturated/α-hetero) is 1. The maximum atomic E-state index is 14.4. The lowest BCUT2D eigenvalue weighted by molar-refractivity contribution is -0.116. The predicted octanol–water partition coefficient (Wildman–Crippen LogP) is 5.23. The van der Waals surface area contributed by atoms with Crippen LogP contribution in [0.2, 0.25) is 0 Å². The number of nitrogens with one attached hydrogen (secondary N) is 1. The topological polar surface area (TPSA) is 59.8 Å². The maximum Gasteiger partial charge on any atom is 0.226 e. The second-order valence-corrected chi connectivity index (χ2v) is 8.20. The molecule has 1 aliphatic heterocycles. The molecule has 0 spiro atoms. The number of aromatic nitrogens is 3. The van der Waals surface area contributed by atoms with Crippen molar-refractivity contribution >= 4 is 11.7 Å². The minimum absolute atomic E-state index is 0.135. The van der Waals surface area contributed by atoms with Crippen LogP contribution in [-0.4, -0.2) is 20.5 Å². The molecular weight excluding hydrogens is 379 g/mol. The number of carbonyl (C=O) groups is 1. The molecule has 0 radical (unpaired) electrons. The van der Waals surface area contributed by atoms with Crippen molar-refractivity contribution in [1.29, 1.82) is 0 Å². The largest absolute Gasteiger partial charge is 0.328 e. The molecule has 1 unspecified atom stereocenters. The fraction of sp³-hybridized carbons (Fsp3) is 0.292. The zero-order valence-electron chi connectivity index (χ0n) is 17.0. The Bertz CT molecular complexity index is 1160. The van der Waals surface area contributed by atoms with Crippen LogP contribution in [0.5, 0.6) is 0 Å². The second-order valence-electron chi connectivity index (χ2n) is 8.20. The molecule has 6 heteroatoms.